The zero-order valence-corrected chi connectivity index (χ0v) is 22.9. The molecule has 0 spiro atoms. The molecule has 1 fully saturated rings. The molecule has 3 aromatic rings. The first-order valence-electron chi connectivity index (χ1n) is 13.2. The molecule has 1 saturated heterocycles. The quantitative estimate of drug-likeness (QED) is 0.461. The molecule has 0 aliphatic carbocycles. The van der Waals surface area contributed by atoms with Gasteiger partial charge in [-0.2, -0.15) is 5.26 Å². The van der Waals surface area contributed by atoms with Crippen molar-refractivity contribution in [3.63, 3.8) is 0 Å². The van der Waals surface area contributed by atoms with Crippen LogP contribution in [-0.4, -0.2) is 70.5 Å². The normalized spacial score (nSPS) is 17.6. The van der Waals surface area contributed by atoms with E-state index in [1.54, 1.807) is 12.3 Å². The van der Waals surface area contributed by atoms with E-state index in [-0.39, 0.29) is 34.4 Å². The minimum Gasteiger partial charge on any atom is -0.370 e. The molecular formula is C29H32F2N8O. The van der Waals surface area contributed by atoms with E-state index in [1.165, 1.54) is 17.0 Å². The maximum absolute atomic E-state index is 15.3. The molecule has 5 rings (SSSR count). The lowest BCUT2D eigenvalue weighted by Crippen LogP contribution is -2.43. The number of nitrogens with zero attached hydrogens (tertiary/aromatic N) is 7. The molecular weight excluding hydrogens is 514 g/mol. The summed E-state index contributed by atoms with van der Waals surface area (Å²) >= 11 is 0. The number of aliphatic hydroxyl groups excluding tert-OH is 1. The van der Waals surface area contributed by atoms with Crippen molar-refractivity contribution in [3.8, 4) is 17.3 Å². The number of nitriles is 1. The predicted octanol–water partition coefficient (Wildman–Crippen LogP) is 4.54. The Labute approximate surface area is 232 Å². The molecule has 0 bridgehead atoms. The lowest BCUT2D eigenvalue weighted by Gasteiger charge is -2.37. The summed E-state index contributed by atoms with van der Waals surface area (Å²) in [6.45, 7) is 5.54. The van der Waals surface area contributed by atoms with Crippen LogP contribution in [0.1, 0.15) is 32.3 Å². The summed E-state index contributed by atoms with van der Waals surface area (Å²) in [5.74, 6) is -0.786. The Kier molecular flexibility index (Phi) is 7.65. The third-order valence-corrected chi connectivity index (χ3v) is 7.48. The van der Waals surface area contributed by atoms with Gasteiger partial charge in [-0.1, -0.05) is 0 Å². The zero-order valence-electron chi connectivity index (χ0n) is 22.9. The van der Waals surface area contributed by atoms with Gasteiger partial charge in [0.15, 0.2) is 12.0 Å². The smallest absolute Gasteiger partial charge is 0.229 e. The van der Waals surface area contributed by atoms with Gasteiger partial charge in [0, 0.05) is 36.3 Å². The van der Waals surface area contributed by atoms with Crippen LogP contribution in [0.25, 0.3) is 17.3 Å². The van der Waals surface area contributed by atoms with E-state index >= 15 is 4.39 Å². The van der Waals surface area contributed by atoms with Crippen molar-refractivity contribution in [1.29, 1.82) is 5.26 Å². The highest BCUT2D eigenvalue weighted by Gasteiger charge is 2.31. The molecule has 11 heteroatoms. The van der Waals surface area contributed by atoms with Gasteiger partial charge in [-0.25, -0.2) is 23.7 Å². The maximum atomic E-state index is 15.3. The van der Waals surface area contributed by atoms with E-state index in [0.29, 0.717) is 17.5 Å². The van der Waals surface area contributed by atoms with Gasteiger partial charge in [-0.15, -0.1) is 0 Å². The third-order valence-electron chi connectivity index (χ3n) is 7.48. The zero-order chi connectivity index (χ0) is 28.6. The SMILES string of the molecule is CC(C)N1c2cc(-c3nc(Nc4ccc(N5CCC(N(C)C)CC5)cn4)ncc3F)cc(F)c2C=C(C#N)C1O. The Morgan fingerprint density at radius 3 is 2.48 bits per heavy atom. The first kappa shape index (κ1) is 27.4. The maximum Gasteiger partial charge on any atom is 0.229 e. The van der Waals surface area contributed by atoms with Crippen molar-refractivity contribution < 1.29 is 13.9 Å². The van der Waals surface area contributed by atoms with Gasteiger partial charge < -0.3 is 25.1 Å². The number of aromatic nitrogens is 3. The van der Waals surface area contributed by atoms with Crippen LogP contribution in [0.3, 0.4) is 0 Å². The standard InChI is InChI=1S/C29H32F2N8O/c1-17(2)39-25-13-18(12-23(30)22(25)11-19(14-32)28(39)40)27-24(31)16-34-29(36-27)35-26-6-5-21(15-33-26)38-9-7-20(8-10-38)37(3)4/h5-6,11-13,15-17,20,28,40H,7-10H2,1-4H3,(H,33,34,35,36). The Balaban J connectivity index is 1.39. The summed E-state index contributed by atoms with van der Waals surface area (Å²) in [7, 11) is 4.22. The Morgan fingerprint density at radius 2 is 1.85 bits per heavy atom. The van der Waals surface area contributed by atoms with Crippen LogP contribution in [0.15, 0.2) is 42.2 Å². The first-order chi connectivity index (χ1) is 19.2. The molecule has 0 amide bonds. The summed E-state index contributed by atoms with van der Waals surface area (Å²) in [5, 5.41) is 23.1. The number of hydrogen-bond donors (Lipinski definition) is 2. The van der Waals surface area contributed by atoms with Gasteiger partial charge in [-0.3, -0.25) is 0 Å². The molecule has 2 aromatic heterocycles. The molecule has 2 N–H and O–H groups in total. The number of fused-ring (bicyclic) bond motifs is 1. The summed E-state index contributed by atoms with van der Waals surface area (Å²) in [5.41, 5.74) is 1.63. The van der Waals surface area contributed by atoms with Crippen LogP contribution in [0.4, 0.5) is 31.9 Å². The van der Waals surface area contributed by atoms with E-state index < -0.39 is 17.9 Å². The fourth-order valence-corrected chi connectivity index (χ4v) is 5.29. The summed E-state index contributed by atoms with van der Waals surface area (Å²) in [6, 6.07) is 8.77. The number of rotatable bonds is 6. The van der Waals surface area contributed by atoms with Gasteiger partial charge in [-0.05, 0) is 71.1 Å². The fourth-order valence-electron chi connectivity index (χ4n) is 5.29. The van der Waals surface area contributed by atoms with E-state index in [2.05, 4.69) is 44.2 Å². The van der Waals surface area contributed by atoms with Gasteiger partial charge in [0.25, 0.3) is 0 Å². The monoisotopic (exact) mass is 546 g/mol. The van der Waals surface area contributed by atoms with Crippen molar-refractivity contribution in [2.75, 3.05) is 42.3 Å². The van der Waals surface area contributed by atoms with Crippen LogP contribution < -0.4 is 15.1 Å². The van der Waals surface area contributed by atoms with Crippen molar-refractivity contribution in [3.05, 3.63) is 59.4 Å². The first-order valence-corrected chi connectivity index (χ1v) is 13.2. The Morgan fingerprint density at radius 1 is 1.10 bits per heavy atom. The molecule has 208 valence electrons. The number of aliphatic hydroxyl groups is 1. The predicted molar refractivity (Wildman–Crippen MR) is 151 cm³/mol. The van der Waals surface area contributed by atoms with Crippen molar-refractivity contribution in [1.82, 2.24) is 19.9 Å². The summed E-state index contributed by atoms with van der Waals surface area (Å²) < 4.78 is 30.2. The number of anilines is 4. The molecule has 4 heterocycles. The van der Waals surface area contributed by atoms with E-state index in [9.17, 15) is 14.8 Å². The molecule has 2 aliphatic rings. The number of piperidine rings is 1. The van der Waals surface area contributed by atoms with Crippen molar-refractivity contribution >= 4 is 29.2 Å². The minimum absolute atomic E-state index is 0.0316. The molecule has 0 radical (unpaired) electrons. The van der Waals surface area contributed by atoms with Gasteiger partial charge in [0.05, 0.1) is 35.4 Å². The second kappa shape index (κ2) is 11.2. The van der Waals surface area contributed by atoms with Gasteiger partial charge in [0.2, 0.25) is 5.95 Å². The van der Waals surface area contributed by atoms with E-state index in [4.69, 9.17) is 0 Å². The summed E-state index contributed by atoms with van der Waals surface area (Å²) in [6.07, 6.45) is 5.07. The lowest BCUT2D eigenvalue weighted by atomic mass is 9.96. The molecule has 2 aliphatic heterocycles. The molecule has 1 atom stereocenters. The van der Waals surface area contributed by atoms with E-state index in [0.717, 1.165) is 37.8 Å². The molecule has 1 aromatic carbocycles. The number of pyridine rings is 1. The average Bonchev–Trinajstić information content (AvgIpc) is 2.94. The number of halogens is 2. The second-order valence-corrected chi connectivity index (χ2v) is 10.6. The average molecular weight is 547 g/mol. The second-order valence-electron chi connectivity index (χ2n) is 10.6. The number of benzene rings is 1. The minimum atomic E-state index is -1.24. The number of hydrogen-bond acceptors (Lipinski definition) is 9. The topological polar surface area (TPSA) is 104 Å². The number of nitrogens with one attached hydrogen (secondary N) is 1. The highest BCUT2D eigenvalue weighted by atomic mass is 19.1. The van der Waals surface area contributed by atoms with Crippen LogP contribution in [0, 0.1) is 23.0 Å². The van der Waals surface area contributed by atoms with Gasteiger partial charge >= 0.3 is 0 Å². The molecule has 40 heavy (non-hydrogen) atoms. The van der Waals surface area contributed by atoms with Crippen molar-refractivity contribution in [2.24, 2.45) is 0 Å². The summed E-state index contributed by atoms with van der Waals surface area (Å²) in [4.78, 5) is 18.9. The van der Waals surface area contributed by atoms with Crippen molar-refractivity contribution in [2.45, 2.75) is 45.0 Å². The molecule has 1 unspecified atom stereocenters. The molecule has 9 nitrogen and oxygen atoms in total. The Hall–Kier alpha value is -4.14. The van der Waals surface area contributed by atoms with Gasteiger partial charge in [0.1, 0.15) is 17.3 Å². The lowest BCUT2D eigenvalue weighted by molar-refractivity contribution is 0.200. The third kappa shape index (κ3) is 5.33. The molecule has 0 saturated carbocycles. The Bertz CT molecular complexity index is 1460. The van der Waals surface area contributed by atoms with Crippen LogP contribution >= 0.6 is 0 Å². The van der Waals surface area contributed by atoms with Crippen LogP contribution in [0.2, 0.25) is 0 Å². The van der Waals surface area contributed by atoms with E-state index in [1.807, 2.05) is 32.0 Å². The largest absolute Gasteiger partial charge is 0.370 e. The highest BCUT2D eigenvalue weighted by molar-refractivity contribution is 5.81. The fraction of sp³-hybridized carbons (Fsp3) is 0.379. The highest BCUT2D eigenvalue weighted by Crippen LogP contribution is 2.38. The van der Waals surface area contributed by atoms with Crippen LogP contribution in [0.5, 0.6) is 0 Å². The van der Waals surface area contributed by atoms with Crippen LogP contribution in [-0.2, 0) is 0 Å².